The first-order valence-corrected chi connectivity index (χ1v) is 7.09. The molecule has 0 fully saturated rings. The van der Waals surface area contributed by atoms with Crippen molar-refractivity contribution in [2.24, 2.45) is 0 Å². The zero-order valence-corrected chi connectivity index (χ0v) is 12.6. The fraction of sp³-hybridized carbons (Fsp3) is 0.333. The summed E-state index contributed by atoms with van der Waals surface area (Å²) in [4.78, 5) is 17.1. The molecular weight excluding hydrogens is 332 g/mol. The van der Waals surface area contributed by atoms with E-state index in [4.69, 9.17) is 11.6 Å². The molecule has 2 N–H and O–H groups in total. The normalized spacial score (nSPS) is 14.6. The van der Waals surface area contributed by atoms with Crippen molar-refractivity contribution < 1.29 is 4.79 Å². The second kappa shape index (κ2) is 4.68. The largest absolute Gasteiger partial charge is 0.344 e. The quantitative estimate of drug-likeness (QED) is 0.836. The van der Waals surface area contributed by atoms with Gasteiger partial charge in [-0.05, 0) is 28.9 Å². The number of aromatic amines is 2. The van der Waals surface area contributed by atoms with Gasteiger partial charge in [0.05, 0.1) is 10.7 Å². The van der Waals surface area contributed by atoms with Gasteiger partial charge < -0.3 is 9.88 Å². The number of aryl methyl sites for hydroxylation is 1. The summed E-state index contributed by atoms with van der Waals surface area (Å²) in [6, 6.07) is 1.64. The van der Waals surface area contributed by atoms with E-state index in [1.807, 2.05) is 6.92 Å². The lowest BCUT2D eigenvalue weighted by molar-refractivity contribution is 0.0728. The van der Waals surface area contributed by atoms with E-state index in [0.717, 1.165) is 23.4 Å². The Morgan fingerprint density at radius 1 is 1.58 bits per heavy atom. The molecule has 0 aromatic carbocycles. The molecule has 1 aliphatic rings. The number of H-pyrrole nitrogens is 2. The van der Waals surface area contributed by atoms with Crippen LogP contribution in [-0.4, -0.2) is 32.5 Å². The Kier molecular flexibility index (Phi) is 3.14. The number of hydrogen-bond acceptors (Lipinski definition) is 2. The number of amides is 1. The van der Waals surface area contributed by atoms with Gasteiger partial charge in [-0.1, -0.05) is 11.6 Å². The van der Waals surface area contributed by atoms with Crippen LogP contribution in [0.25, 0.3) is 0 Å². The number of nitrogens with one attached hydrogen (secondary N) is 2. The summed E-state index contributed by atoms with van der Waals surface area (Å²) in [5, 5.41) is 7.72. The molecule has 1 amide bonds. The Morgan fingerprint density at radius 3 is 3.05 bits per heavy atom. The molecule has 0 spiro atoms. The first-order chi connectivity index (χ1) is 9.06. The van der Waals surface area contributed by atoms with Crippen molar-refractivity contribution >= 4 is 33.4 Å². The molecule has 3 heterocycles. The van der Waals surface area contributed by atoms with Crippen LogP contribution >= 0.6 is 27.5 Å². The number of nitrogens with zero attached hydrogens (tertiary/aromatic N) is 2. The van der Waals surface area contributed by atoms with Crippen molar-refractivity contribution in [2.75, 3.05) is 6.54 Å². The molecule has 7 heteroatoms. The maximum Gasteiger partial charge on any atom is 0.270 e. The lowest BCUT2D eigenvalue weighted by Gasteiger charge is -2.26. The summed E-state index contributed by atoms with van der Waals surface area (Å²) in [5.74, 6) is -0.0427. The average Bonchev–Trinajstić information content (AvgIpc) is 2.93. The van der Waals surface area contributed by atoms with Crippen molar-refractivity contribution in [3.63, 3.8) is 0 Å². The van der Waals surface area contributed by atoms with Crippen LogP contribution < -0.4 is 0 Å². The molecule has 0 atom stereocenters. The van der Waals surface area contributed by atoms with Gasteiger partial charge in [0.25, 0.3) is 5.91 Å². The lowest BCUT2D eigenvalue weighted by Crippen LogP contribution is -2.36. The Morgan fingerprint density at radius 2 is 2.37 bits per heavy atom. The van der Waals surface area contributed by atoms with Crippen molar-refractivity contribution in [1.29, 1.82) is 0 Å². The number of carbonyl (C=O) groups is 1. The Labute approximate surface area is 123 Å². The van der Waals surface area contributed by atoms with Crippen LogP contribution in [-0.2, 0) is 13.0 Å². The van der Waals surface area contributed by atoms with Gasteiger partial charge in [-0.2, -0.15) is 5.10 Å². The van der Waals surface area contributed by atoms with Crippen LogP contribution in [0.1, 0.15) is 27.4 Å². The van der Waals surface area contributed by atoms with Crippen molar-refractivity contribution in [3.05, 3.63) is 38.3 Å². The first kappa shape index (κ1) is 12.7. The fourth-order valence-corrected chi connectivity index (χ4v) is 2.78. The molecular formula is C12H12BrClN4O. The van der Waals surface area contributed by atoms with Crippen molar-refractivity contribution in [1.82, 2.24) is 20.1 Å². The summed E-state index contributed by atoms with van der Waals surface area (Å²) in [6.45, 7) is 3.23. The predicted octanol–water partition coefficient (Wildman–Crippen LogP) is 2.66. The van der Waals surface area contributed by atoms with Gasteiger partial charge in [0.2, 0.25) is 0 Å². The van der Waals surface area contributed by atoms with Crippen LogP contribution in [0.3, 0.4) is 0 Å². The molecule has 5 nitrogen and oxygen atoms in total. The topological polar surface area (TPSA) is 64.8 Å². The number of halogens is 2. The van der Waals surface area contributed by atoms with Gasteiger partial charge in [0.1, 0.15) is 10.3 Å². The summed E-state index contributed by atoms with van der Waals surface area (Å²) in [5.41, 5.74) is 3.71. The van der Waals surface area contributed by atoms with E-state index in [1.54, 1.807) is 11.0 Å². The predicted molar refractivity (Wildman–Crippen MR) is 75.3 cm³/mol. The van der Waals surface area contributed by atoms with Crippen molar-refractivity contribution in [2.45, 2.75) is 19.9 Å². The van der Waals surface area contributed by atoms with Gasteiger partial charge in [0.15, 0.2) is 0 Å². The molecule has 0 saturated heterocycles. The SMILES string of the molecule is Cc1[nH]nc2c1CN(C(=O)c1cc(Cl)c(Br)[nH]1)CC2. The number of hydrogen-bond donors (Lipinski definition) is 2. The Balaban J connectivity index is 1.84. The van der Waals surface area contributed by atoms with E-state index in [9.17, 15) is 4.79 Å². The Bertz CT molecular complexity index is 629. The van der Waals surface area contributed by atoms with E-state index >= 15 is 0 Å². The summed E-state index contributed by atoms with van der Waals surface area (Å²) >= 11 is 9.20. The minimum atomic E-state index is -0.0427. The molecule has 0 bridgehead atoms. The standard InChI is InChI=1S/C12H12BrClN4O/c1-6-7-5-18(3-2-9(7)17-16-6)12(19)10-4-8(14)11(13)15-10/h4,15H,2-3,5H2,1H3,(H,16,17). The van der Waals surface area contributed by atoms with E-state index < -0.39 is 0 Å². The summed E-state index contributed by atoms with van der Waals surface area (Å²) in [7, 11) is 0. The highest BCUT2D eigenvalue weighted by Crippen LogP contribution is 2.25. The molecule has 0 saturated carbocycles. The third-order valence-corrected chi connectivity index (χ3v) is 4.52. The molecule has 100 valence electrons. The highest BCUT2D eigenvalue weighted by atomic mass is 79.9. The zero-order chi connectivity index (χ0) is 13.6. The number of carbonyl (C=O) groups excluding carboxylic acids is 1. The van der Waals surface area contributed by atoms with Gasteiger partial charge in [-0.25, -0.2) is 0 Å². The zero-order valence-electron chi connectivity index (χ0n) is 10.3. The molecule has 1 aliphatic heterocycles. The maximum atomic E-state index is 12.4. The summed E-state index contributed by atoms with van der Waals surface area (Å²) < 4.78 is 0.634. The van der Waals surface area contributed by atoms with Gasteiger partial charge in [-0.15, -0.1) is 0 Å². The minimum Gasteiger partial charge on any atom is -0.344 e. The third-order valence-electron chi connectivity index (χ3n) is 3.37. The van der Waals surface area contributed by atoms with Gasteiger partial charge >= 0.3 is 0 Å². The third kappa shape index (κ3) is 2.19. The molecule has 0 radical (unpaired) electrons. The Hall–Kier alpha value is -1.27. The van der Waals surface area contributed by atoms with Crippen LogP contribution in [0.5, 0.6) is 0 Å². The molecule has 19 heavy (non-hydrogen) atoms. The molecule has 2 aromatic rings. The van der Waals surface area contributed by atoms with E-state index in [-0.39, 0.29) is 5.91 Å². The molecule has 3 rings (SSSR count). The van der Waals surface area contributed by atoms with Crippen LogP contribution in [0.2, 0.25) is 5.02 Å². The number of rotatable bonds is 1. The average molecular weight is 344 g/mol. The highest BCUT2D eigenvalue weighted by molar-refractivity contribution is 9.10. The van der Waals surface area contributed by atoms with Gasteiger partial charge in [0, 0.05) is 30.8 Å². The number of aromatic nitrogens is 3. The van der Waals surface area contributed by atoms with Crippen LogP contribution in [0.15, 0.2) is 10.7 Å². The fourth-order valence-electron chi connectivity index (χ4n) is 2.29. The van der Waals surface area contributed by atoms with E-state index in [1.165, 1.54) is 0 Å². The van der Waals surface area contributed by atoms with Gasteiger partial charge in [-0.3, -0.25) is 9.89 Å². The monoisotopic (exact) mass is 342 g/mol. The van der Waals surface area contributed by atoms with Crippen LogP contribution in [0.4, 0.5) is 0 Å². The maximum absolute atomic E-state index is 12.4. The van der Waals surface area contributed by atoms with E-state index in [0.29, 0.717) is 28.4 Å². The lowest BCUT2D eigenvalue weighted by atomic mass is 10.1. The highest BCUT2D eigenvalue weighted by Gasteiger charge is 2.26. The van der Waals surface area contributed by atoms with E-state index in [2.05, 4.69) is 31.1 Å². The second-order valence-corrected chi connectivity index (χ2v) is 5.80. The van der Waals surface area contributed by atoms with Crippen molar-refractivity contribution in [3.8, 4) is 0 Å². The van der Waals surface area contributed by atoms with Crippen LogP contribution in [0, 0.1) is 6.92 Å². The molecule has 2 aromatic heterocycles. The second-order valence-electron chi connectivity index (χ2n) is 4.60. The molecule has 0 aliphatic carbocycles. The minimum absolute atomic E-state index is 0.0427. The summed E-state index contributed by atoms with van der Waals surface area (Å²) in [6.07, 6.45) is 0.779. The molecule has 0 unspecified atom stereocenters. The number of fused-ring (bicyclic) bond motifs is 1. The first-order valence-electron chi connectivity index (χ1n) is 5.92. The smallest absolute Gasteiger partial charge is 0.270 e.